The maximum Gasteiger partial charge on any atom is 0.220 e. The fraction of sp³-hybridized carbons (Fsp3) is 0.577. The molecule has 1 N–H and O–H groups in total. The van der Waals surface area contributed by atoms with Crippen molar-refractivity contribution in [2.45, 2.75) is 90.4 Å². The number of amides is 1. The van der Waals surface area contributed by atoms with E-state index < -0.39 is 0 Å². The first-order chi connectivity index (χ1) is 13.8. The number of unbranched alkanes of at least 4 members (excludes halogenated alkanes) is 8. The quantitative estimate of drug-likeness (QED) is 0.224. The van der Waals surface area contributed by atoms with Crippen LogP contribution in [-0.2, 0) is 11.2 Å². The first kappa shape index (κ1) is 24.2. The van der Waals surface area contributed by atoms with Gasteiger partial charge >= 0.3 is 0 Å². The number of hydrogen-bond acceptors (Lipinski definition) is 1. The molecule has 156 valence electrons. The van der Waals surface area contributed by atoms with Crippen LogP contribution >= 0.6 is 0 Å². The number of benzene rings is 1. The van der Waals surface area contributed by atoms with Gasteiger partial charge in [-0.25, -0.2) is 0 Å². The minimum absolute atomic E-state index is 0.196. The highest BCUT2D eigenvalue weighted by Crippen LogP contribution is 2.08. The highest BCUT2D eigenvalue weighted by molar-refractivity contribution is 5.75. The Balaban J connectivity index is 1.84. The lowest BCUT2D eigenvalue weighted by atomic mass is 10.1. The van der Waals surface area contributed by atoms with E-state index in [1.165, 1.54) is 56.9 Å². The van der Waals surface area contributed by atoms with E-state index >= 15 is 0 Å². The van der Waals surface area contributed by atoms with Gasteiger partial charge in [-0.2, -0.15) is 0 Å². The van der Waals surface area contributed by atoms with E-state index in [0.29, 0.717) is 6.42 Å². The van der Waals surface area contributed by atoms with Crippen molar-refractivity contribution < 1.29 is 4.79 Å². The lowest BCUT2D eigenvalue weighted by Crippen LogP contribution is -2.25. The minimum Gasteiger partial charge on any atom is -0.356 e. The Morgan fingerprint density at radius 1 is 0.821 bits per heavy atom. The molecule has 28 heavy (non-hydrogen) atoms. The maximum absolute atomic E-state index is 11.8. The molecule has 2 nitrogen and oxygen atoms in total. The molecule has 0 fully saturated rings. The molecular weight excluding hydrogens is 342 g/mol. The third-order valence-corrected chi connectivity index (χ3v) is 4.93. The highest BCUT2D eigenvalue weighted by atomic mass is 16.1. The van der Waals surface area contributed by atoms with Crippen molar-refractivity contribution in [3.8, 4) is 0 Å². The molecule has 0 bridgehead atoms. The van der Waals surface area contributed by atoms with Gasteiger partial charge in [-0.1, -0.05) is 93.7 Å². The molecule has 1 rings (SSSR count). The number of allylic oxidation sites excluding steroid dienone is 4. The summed E-state index contributed by atoms with van der Waals surface area (Å²) < 4.78 is 0. The predicted octanol–water partition coefficient (Wildman–Crippen LogP) is 7.16. The van der Waals surface area contributed by atoms with Crippen molar-refractivity contribution in [3.05, 3.63) is 60.2 Å². The molecule has 2 heteroatoms. The van der Waals surface area contributed by atoms with E-state index in [0.717, 1.165) is 32.2 Å². The SMILES string of the molecule is CCCCC/C=C/C/C=C/CCCCCCCC(=O)NCCc1ccccc1. The van der Waals surface area contributed by atoms with E-state index in [9.17, 15) is 4.79 Å². The van der Waals surface area contributed by atoms with Crippen molar-refractivity contribution in [2.75, 3.05) is 6.54 Å². The average Bonchev–Trinajstić information content (AvgIpc) is 2.71. The van der Waals surface area contributed by atoms with Crippen LogP contribution in [-0.4, -0.2) is 12.5 Å². The zero-order chi connectivity index (χ0) is 20.1. The van der Waals surface area contributed by atoms with Gasteiger partial charge in [0.2, 0.25) is 5.91 Å². The number of nitrogens with one attached hydrogen (secondary N) is 1. The van der Waals surface area contributed by atoms with Crippen LogP contribution in [0.1, 0.15) is 89.5 Å². The van der Waals surface area contributed by atoms with Crippen LogP contribution in [0.2, 0.25) is 0 Å². The Hall–Kier alpha value is -1.83. The molecule has 0 aliphatic carbocycles. The maximum atomic E-state index is 11.8. The lowest BCUT2D eigenvalue weighted by molar-refractivity contribution is -0.121. The molecule has 1 aromatic carbocycles. The number of rotatable bonds is 17. The number of carbonyl (C=O) groups is 1. The van der Waals surface area contributed by atoms with Gasteiger partial charge in [-0.05, 0) is 50.5 Å². The molecule has 0 radical (unpaired) electrons. The van der Waals surface area contributed by atoms with Gasteiger partial charge in [0.05, 0.1) is 0 Å². The molecule has 0 aliphatic heterocycles. The van der Waals surface area contributed by atoms with Crippen LogP contribution in [0.5, 0.6) is 0 Å². The van der Waals surface area contributed by atoms with Gasteiger partial charge in [0.1, 0.15) is 0 Å². The van der Waals surface area contributed by atoms with Crippen LogP contribution in [0.4, 0.5) is 0 Å². The fourth-order valence-electron chi connectivity index (χ4n) is 3.18. The molecule has 0 atom stereocenters. The molecule has 1 aromatic rings. The first-order valence-electron chi connectivity index (χ1n) is 11.4. The van der Waals surface area contributed by atoms with E-state index in [1.807, 2.05) is 18.2 Å². The molecular formula is C26H41NO. The van der Waals surface area contributed by atoms with E-state index in [4.69, 9.17) is 0 Å². The zero-order valence-corrected chi connectivity index (χ0v) is 18.0. The van der Waals surface area contributed by atoms with E-state index in [2.05, 4.69) is 48.7 Å². The zero-order valence-electron chi connectivity index (χ0n) is 18.0. The van der Waals surface area contributed by atoms with Crippen molar-refractivity contribution in [1.82, 2.24) is 5.32 Å². The molecule has 0 saturated carbocycles. The lowest BCUT2D eigenvalue weighted by Gasteiger charge is -2.05. The molecule has 0 saturated heterocycles. The van der Waals surface area contributed by atoms with Crippen molar-refractivity contribution >= 4 is 5.91 Å². The molecule has 1 amide bonds. The third kappa shape index (κ3) is 15.2. The monoisotopic (exact) mass is 383 g/mol. The van der Waals surface area contributed by atoms with Crippen LogP contribution < -0.4 is 5.32 Å². The van der Waals surface area contributed by atoms with E-state index in [1.54, 1.807) is 0 Å². The predicted molar refractivity (Wildman–Crippen MR) is 123 cm³/mol. The summed E-state index contributed by atoms with van der Waals surface area (Å²) in [6.45, 7) is 2.99. The summed E-state index contributed by atoms with van der Waals surface area (Å²) in [7, 11) is 0. The average molecular weight is 384 g/mol. The van der Waals surface area contributed by atoms with Gasteiger partial charge in [0.25, 0.3) is 0 Å². The van der Waals surface area contributed by atoms with Gasteiger partial charge < -0.3 is 5.32 Å². The Morgan fingerprint density at radius 2 is 1.46 bits per heavy atom. The summed E-state index contributed by atoms with van der Waals surface area (Å²) in [6.07, 6.45) is 24.2. The Kier molecular flexibility index (Phi) is 16.0. The Morgan fingerprint density at radius 3 is 2.18 bits per heavy atom. The molecule has 0 aliphatic rings. The summed E-state index contributed by atoms with van der Waals surface area (Å²) in [6, 6.07) is 10.3. The first-order valence-corrected chi connectivity index (χ1v) is 11.4. The molecule has 0 spiro atoms. The smallest absolute Gasteiger partial charge is 0.220 e. The van der Waals surface area contributed by atoms with Crippen LogP contribution in [0.3, 0.4) is 0 Å². The summed E-state index contributed by atoms with van der Waals surface area (Å²) in [4.78, 5) is 11.8. The second-order valence-corrected chi connectivity index (χ2v) is 7.57. The van der Waals surface area contributed by atoms with Crippen molar-refractivity contribution in [1.29, 1.82) is 0 Å². The summed E-state index contributed by atoms with van der Waals surface area (Å²) >= 11 is 0. The summed E-state index contributed by atoms with van der Waals surface area (Å²) in [5.41, 5.74) is 1.28. The van der Waals surface area contributed by atoms with E-state index in [-0.39, 0.29) is 5.91 Å². The summed E-state index contributed by atoms with van der Waals surface area (Å²) in [5.74, 6) is 0.196. The minimum atomic E-state index is 0.196. The molecule has 0 heterocycles. The largest absolute Gasteiger partial charge is 0.356 e. The topological polar surface area (TPSA) is 29.1 Å². The van der Waals surface area contributed by atoms with Gasteiger partial charge in [-0.3, -0.25) is 4.79 Å². The Bertz CT molecular complexity index is 533. The second-order valence-electron chi connectivity index (χ2n) is 7.57. The second kappa shape index (κ2) is 18.5. The number of carbonyl (C=O) groups excluding carboxylic acids is 1. The molecule has 0 aromatic heterocycles. The Labute approximate surface area is 173 Å². The van der Waals surface area contributed by atoms with Gasteiger partial charge in [-0.15, -0.1) is 0 Å². The van der Waals surface area contributed by atoms with Crippen LogP contribution in [0.15, 0.2) is 54.6 Å². The highest BCUT2D eigenvalue weighted by Gasteiger charge is 2.00. The normalized spacial score (nSPS) is 11.5. The van der Waals surface area contributed by atoms with Crippen molar-refractivity contribution in [3.63, 3.8) is 0 Å². The number of hydrogen-bond donors (Lipinski definition) is 1. The fourth-order valence-corrected chi connectivity index (χ4v) is 3.18. The standard InChI is InChI=1S/C26H41NO/c1-2-3-4-5-6-7-8-9-10-11-12-13-14-15-19-22-26(28)27-24-23-25-20-17-16-18-21-25/h6-7,9-10,16-18,20-21H,2-5,8,11-15,19,22-24H2,1H3,(H,27,28)/b7-6+,10-9+. The third-order valence-electron chi connectivity index (χ3n) is 4.93. The van der Waals surface area contributed by atoms with Crippen molar-refractivity contribution in [2.24, 2.45) is 0 Å². The van der Waals surface area contributed by atoms with Gasteiger partial charge in [0.15, 0.2) is 0 Å². The van der Waals surface area contributed by atoms with Crippen LogP contribution in [0, 0.1) is 0 Å². The summed E-state index contributed by atoms with van der Waals surface area (Å²) in [5, 5.41) is 3.03. The molecule has 0 unspecified atom stereocenters. The van der Waals surface area contributed by atoms with Gasteiger partial charge in [0, 0.05) is 13.0 Å². The van der Waals surface area contributed by atoms with Crippen LogP contribution in [0.25, 0.3) is 0 Å².